The number of rotatable bonds is 5. The van der Waals surface area contributed by atoms with Crippen LogP contribution in [0, 0.1) is 5.82 Å². The highest BCUT2D eigenvalue weighted by Gasteiger charge is 2.15. The number of quaternary nitrogens is 1. The van der Waals surface area contributed by atoms with Crippen LogP contribution < -0.4 is 14.7 Å². The molecule has 0 fully saturated rings. The lowest BCUT2D eigenvalue weighted by Crippen LogP contribution is -3.07. The molecule has 0 aliphatic rings. The molecule has 0 aromatic heterocycles. The van der Waals surface area contributed by atoms with E-state index < -0.39 is 17.9 Å². The number of nitrogens with one attached hydrogen (secondary N) is 1. The summed E-state index contributed by atoms with van der Waals surface area (Å²) in [7, 11) is 3.62. The zero-order chi connectivity index (χ0) is 12.1. The van der Waals surface area contributed by atoms with Crippen molar-refractivity contribution in [2.24, 2.45) is 0 Å². The quantitative estimate of drug-likeness (QED) is 0.664. The number of benzene rings is 1. The number of hydrogen-bond donors (Lipinski definition) is 1. The van der Waals surface area contributed by atoms with Gasteiger partial charge in [0.25, 0.3) is 0 Å². The summed E-state index contributed by atoms with van der Waals surface area (Å²) in [6.45, 7) is 0.277. The zero-order valence-electron chi connectivity index (χ0n) is 9.20. The van der Waals surface area contributed by atoms with Crippen molar-refractivity contribution in [2.75, 3.05) is 20.6 Å². The highest BCUT2D eigenvalue weighted by Crippen LogP contribution is 2.12. The summed E-state index contributed by atoms with van der Waals surface area (Å²) in [6.07, 6.45) is -1.03. The fraction of sp³-hybridized carbons (Fsp3) is 0.364. The first kappa shape index (κ1) is 12.4. The first-order chi connectivity index (χ1) is 7.49. The number of aliphatic carboxylic acids is 1. The van der Waals surface area contributed by atoms with Crippen LogP contribution in [0.25, 0.3) is 0 Å². The van der Waals surface area contributed by atoms with Gasteiger partial charge in [-0.2, -0.15) is 0 Å². The molecule has 0 spiro atoms. The second-order valence-electron chi connectivity index (χ2n) is 3.79. The Morgan fingerprint density at radius 3 is 2.44 bits per heavy atom. The van der Waals surface area contributed by atoms with Gasteiger partial charge in [0.05, 0.1) is 20.1 Å². The van der Waals surface area contributed by atoms with Gasteiger partial charge in [0.1, 0.15) is 18.1 Å². The number of carbonyl (C=O) groups excluding carboxylic acids is 1. The van der Waals surface area contributed by atoms with Crippen LogP contribution in [0.5, 0.6) is 5.75 Å². The molecule has 1 aromatic carbocycles. The summed E-state index contributed by atoms with van der Waals surface area (Å²) >= 11 is 0. The maximum Gasteiger partial charge on any atom is 0.186 e. The summed E-state index contributed by atoms with van der Waals surface area (Å²) in [5.74, 6) is -1.35. The molecule has 1 atom stereocenters. The summed E-state index contributed by atoms with van der Waals surface area (Å²) in [5, 5.41) is 10.8. The molecule has 0 saturated carbocycles. The SMILES string of the molecule is C[NH+](C)C[C@H](Oc1ccc(F)cc1)C(=O)[O-]. The van der Waals surface area contributed by atoms with Gasteiger partial charge in [-0.15, -0.1) is 0 Å². The summed E-state index contributed by atoms with van der Waals surface area (Å²) < 4.78 is 17.8. The summed E-state index contributed by atoms with van der Waals surface area (Å²) in [6, 6.07) is 5.20. The monoisotopic (exact) mass is 227 g/mol. The van der Waals surface area contributed by atoms with E-state index in [4.69, 9.17) is 4.74 Å². The molecule has 4 nitrogen and oxygen atoms in total. The molecule has 5 heteroatoms. The minimum Gasteiger partial charge on any atom is -0.546 e. The lowest BCUT2D eigenvalue weighted by atomic mass is 10.3. The Hall–Kier alpha value is -1.62. The number of ether oxygens (including phenoxy) is 1. The van der Waals surface area contributed by atoms with Crippen molar-refractivity contribution in [1.82, 2.24) is 0 Å². The van der Waals surface area contributed by atoms with Crippen molar-refractivity contribution >= 4 is 5.97 Å². The second-order valence-corrected chi connectivity index (χ2v) is 3.79. The smallest absolute Gasteiger partial charge is 0.186 e. The van der Waals surface area contributed by atoms with Crippen molar-refractivity contribution in [3.8, 4) is 5.75 Å². The molecule has 0 heterocycles. The van der Waals surface area contributed by atoms with Crippen molar-refractivity contribution in [1.29, 1.82) is 0 Å². The molecule has 1 rings (SSSR count). The van der Waals surface area contributed by atoms with Gasteiger partial charge in [-0.05, 0) is 24.3 Å². The van der Waals surface area contributed by atoms with Crippen LogP contribution in [0.3, 0.4) is 0 Å². The van der Waals surface area contributed by atoms with Gasteiger partial charge in [-0.1, -0.05) is 0 Å². The van der Waals surface area contributed by atoms with Crippen LogP contribution >= 0.6 is 0 Å². The fourth-order valence-electron chi connectivity index (χ4n) is 1.22. The van der Waals surface area contributed by atoms with Gasteiger partial charge in [-0.3, -0.25) is 0 Å². The Morgan fingerprint density at radius 2 is 2.00 bits per heavy atom. The first-order valence-corrected chi connectivity index (χ1v) is 4.91. The summed E-state index contributed by atoms with van der Waals surface area (Å²) in [5.41, 5.74) is 0. The van der Waals surface area contributed by atoms with Gasteiger partial charge >= 0.3 is 0 Å². The van der Waals surface area contributed by atoms with Crippen molar-refractivity contribution < 1.29 is 23.9 Å². The van der Waals surface area contributed by atoms with Gasteiger partial charge in [0.2, 0.25) is 0 Å². The first-order valence-electron chi connectivity index (χ1n) is 4.91. The topological polar surface area (TPSA) is 53.8 Å². The van der Waals surface area contributed by atoms with E-state index in [1.54, 1.807) is 0 Å². The van der Waals surface area contributed by atoms with Crippen LogP contribution in [0.4, 0.5) is 4.39 Å². The molecule has 0 aliphatic heterocycles. The van der Waals surface area contributed by atoms with E-state index in [9.17, 15) is 14.3 Å². The largest absolute Gasteiger partial charge is 0.546 e. The Morgan fingerprint density at radius 1 is 1.44 bits per heavy atom. The van der Waals surface area contributed by atoms with Gasteiger partial charge in [0, 0.05) is 0 Å². The maximum atomic E-state index is 12.6. The predicted octanol–water partition coefficient (Wildman–Crippen LogP) is -1.53. The lowest BCUT2D eigenvalue weighted by Gasteiger charge is -2.21. The molecule has 0 amide bonds. The number of halogens is 1. The van der Waals surface area contributed by atoms with Crippen molar-refractivity contribution in [3.05, 3.63) is 30.1 Å². The predicted molar refractivity (Wildman–Crippen MR) is 53.5 cm³/mol. The molecule has 0 radical (unpaired) electrons. The normalized spacial score (nSPS) is 12.5. The van der Waals surface area contributed by atoms with E-state index >= 15 is 0 Å². The van der Waals surface area contributed by atoms with Gasteiger partial charge in [0.15, 0.2) is 6.10 Å². The van der Waals surface area contributed by atoms with Crippen LogP contribution in [0.2, 0.25) is 0 Å². The molecule has 0 aliphatic carbocycles. The number of carboxylic acid groups (broad SMARTS) is 1. The van der Waals surface area contributed by atoms with Crippen LogP contribution in [-0.2, 0) is 4.79 Å². The third-order valence-electron chi connectivity index (χ3n) is 1.95. The number of likely N-dealkylation sites (N-methyl/N-ethyl adjacent to an activating group) is 1. The number of hydrogen-bond acceptors (Lipinski definition) is 3. The highest BCUT2D eigenvalue weighted by atomic mass is 19.1. The Balaban J connectivity index is 2.68. The highest BCUT2D eigenvalue weighted by molar-refractivity contribution is 5.70. The summed E-state index contributed by atoms with van der Waals surface area (Å²) in [4.78, 5) is 11.7. The maximum absolute atomic E-state index is 12.6. The van der Waals surface area contributed by atoms with Crippen molar-refractivity contribution in [3.63, 3.8) is 0 Å². The lowest BCUT2D eigenvalue weighted by molar-refractivity contribution is -0.860. The van der Waals surface area contributed by atoms with Gasteiger partial charge in [-0.25, -0.2) is 4.39 Å². The third kappa shape index (κ3) is 3.86. The molecule has 0 saturated heterocycles. The van der Waals surface area contributed by atoms with Gasteiger partial charge < -0.3 is 19.5 Å². The molecule has 1 aromatic rings. The Kier molecular flexibility index (Phi) is 4.25. The minimum absolute atomic E-state index is 0.277. The molecule has 88 valence electrons. The molecule has 16 heavy (non-hydrogen) atoms. The molecular weight excluding hydrogens is 213 g/mol. The fourth-order valence-corrected chi connectivity index (χ4v) is 1.22. The van der Waals surface area contributed by atoms with E-state index in [1.807, 2.05) is 14.1 Å². The second kappa shape index (κ2) is 5.46. The average molecular weight is 227 g/mol. The Labute approximate surface area is 93.3 Å². The van der Waals surface area contributed by atoms with E-state index in [-0.39, 0.29) is 6.54 Å². The molecular formula is C11H14FNO3. The van der Waals surface area contributed by atoms with E-state index in [1.165, 1.54) is 24.3 Å². The van der Waals surface area contributed by atoms with Crippen LogP contribution in [0.15, 0.2) is 24.3 Å². The van der Waals surface area contributed by atoms with Crippen molar-refractivity contribution in [2.45, 2.75) is 6.10 Å². The van der Waals surface area contributed by atoms with E-state index in [0.717, 1.165) is 4.90 Å². The average Bonchev–Trinajstić information content (AvgIpc) is 2.19. The van der Waals surface area contributed by atoms with Crippen LogP contribution in [-0.4, -0.2) is 32.7 Å². The van der Waals surface area contributed by atoms with Crippen LogP contribution in [0.1, 0.15) is 0 Å². The number of carbonyl (C=O) groups is 1. The molecule has 0 unspecified atom stereocenters. The molecule has 0 bridgehead atoms. The molecule has 1 N–H and O–H groups in total. The van der Waals surface area contributed by atoms with E-state index in [2.05, 4.69) is 0 Å². The Bertz CT molecular complexity index is 351. The standard InChI is InChI=1S/C11H14FNO3/c1-13(2)7-10(11(14)15)16-9-5-3-8(12)4-6-9/h3-6,10H,7H2,1-2H3,(H,14,15)/t10-/m0/s1. The van der Waals surface area contributed by atoms with E-state index in [0.29, 0.717) is 5.75 Å². The minimum atomic E-state index is -1.27. The number of carboxylic acids is 1. The third-order valence-corrected chi connectivity index (χ3v) is 1.95. The zero-order valence-corrected chi connectivity index (χ0v) is 9.20.